The van der Waals surface area contributed by atoms with E-state index in [0.717, 1.165) is 22.8 Å². The summed E-state index contributed by atoms with van der Waals surface area (Å²) in [5, 5.41) is 20.2. The van der Waals surface area contributed by atoms with Crippen molar-refractivity contribution in [1.29, 1.82) is 5.26 Å². The van der Waals surface area contributed by atoms with Crippen molar-refractivity contribution in [3.05, 3.63) is 52.6 Å². The van der Waals surface area contributed by atoms with Crippen LogP contribution in [0.5, 0.6) is 0 Å². The van der Waals surface area contributed by atoms with Crippen LogP contribution in [-0.4, -0.2) is 21.4 Å². The second kappa shape index (κ2) is 5.79. The lowest BCUT2D eigenvalue weighted by atomic mass is 9.89. The van der Waals surface area contributed by atoms with E-state index in [2.05, 4.69) is 5.16 Å². The molecule has 3 rings (SSSR count). The number of hydrogen-bond donors (Lipinski definition) is 1. The SMILES string of the molecule is N#Cc1cc(-n2cc(C(F)(F)F)c3c2CCC(F)(F)/C3=N\O)ccc1F. The van der Waals surface area contributed by atoms with Crippen molar-refractivity contribution in [2.45, 2.75) is 24.9 Å². The minimum atomic E-state index is -4.99. The zero-order chi connectivity index (χ0) is 19.3. The van der Waals surface area contributed by atoms with Gasteiger partial charge < -0.3 is 9.77 Å². The van der Waals surface area contributed by atoms with Crippen LogP contribution in [0.3, 0.4) is 0 Å². The fourth-order valence-electron chi connectivity index (χ4n) is 2.95. The smallest absolute Gasteiger partial charge is 0.410 e. The van der Waals surface area contributed by atoms with E-state index in [-0.39, 0.29) is 11.4 Å². The van der Waals surface area contributed by atoms with Gasteiger partial charge in [0.15, 0.2) is 5.71 Å². The molecule has 2 aromatic rings. The van der Waals surface area contributed by atoms with Gasteiger partial charge in [-0.15, -0.1) is 0 Å². The maximum absolute atomic E-state index is 13.9. The number of hydrogen-bond acceptors (Lipinski definition) is 3. The van der Waals surface area contributed by atoms with E-state index in [0.29, 0.717) is 6.20 Å². The molecule has 136 valence electrons. The summed E-state index contributed by atoms with van der Waals surface area (Å²) in [5.74, 6) is -4.59. The number of nitriles is 1. The first kappa shape index (κ1) is 17.8. The highest BCUT2D eigenvalue weighted by Gasteiger charge is 2.49. The largest absolute Gasteiger partial charge is 0.418 e. The standard InChI is InChI=1S/C16H9F6N3O/c17-11-2-1-9(5-8(11)6-23)25-7-10(16(20,21)22)13-12(25)3-4-15(18,19)14(13)24-26/h1-2,5,7,26H,3-4H2/b24-14-. The lowest BCUT2D eigenvalue weighted by Gasteiger charge is -2.25. The van der Waals surface area contributed by atoms with E-state index in [1.807, 2.05) is 0 Å². The molecule has 0 atom stereocenters. The van der Waals surface area contributed by atoms with Crippen molar-refractivity contribution in [1.82, 2.24) is 4.57 Å². The van der Waals surface area contributed by atoms with Crippen LogP contribution in [-0.2, 0) is 12.6 Å². The van der Waals surface area contributed by atoms with E-state index in [1.54, 1.807) is 6.07 Å². The summed E-state index contributed by atoms with van der Waals surface area (Å²) in [6, 6.07) is 4.59. The normalized spacial score (nSPS) is 17.8. The predicted molar refractivity (Wildman–Crippen MR) is 77.0 cm³/mol. The van der Waals surface area contributed by atoms with Crippen molar-refractivity contribution in [3.63, 3.8) is 0 Å². The molecule has 1 aliphatic rings. The van der Waals surface area contributed by atoms with Crippen LogP contribution in [0.15, 0.2) is 29.6 Å². The molecule has 0 radical (unpaired) electrons. The first-order chi connectivity index (χ1) is 12.1. The number of rotatable bonds is 1. The summed E-state index contributed by atoms with van der Waals surface area (Å²) >= 11 is 0. The number of alkyl halides is 5. The van der Waals surface area contributed by atoms with E-state index in [4.69, 9.17) is 10.5 Å². The fourth-order valence-corrected chi connectivity index (χ4v) is 2.95. The van der Waals surface area contributed by atoms with E-state index in [1.165, 1.54) is 0 Å². The first-order valence-corrected chi connectivity index (χ1v) is 7.22. The monoisotopic (exact) mass is 373 g/mol. The molecule has 0 bridgehead atoms. The van der Waals surface area contributed by atoms with E-state index < -0.39 is 53.2 Å². The average Bonchev–Trinajstić information content (AvgIpc) is 2.94. The molecule has 0 saturated carbocycles. The topological polar surface area (TPSA) is 61.3 Å². The van der Waals surface area contributed by atoms with Gasteiger partial charge in [-0.25, -0.2) is 4.39 Å². The summed E-state index contributed by atoms with van der Waals surface area (Å²) in [4.78, 5) is 0. The molecule has 1 aliphatic carbocycles. The number of aromatic nitrogens is 1. The van der Waals surface area contributed by atoms with Gasteiger partial charge in [0, 0.05) is 29.6 Å². The van der Waals surface area contributed by atoms with Gasteiger partial charge in [0.1, 0.15) is 11.9 Å². The molecule has 0 fully saturated rings. The zero-order valence-corrected chi connectivity index (χ0v) is 12.8. The second-order valence-electron chi connectivity index (χ2n) is 5.66. The highest BCUT2D eigenvalue weighted by molar-refractivity contribution is 6.08. The molecule has 0 saturated heterocycles. The van der Waals surface area contributed by atoms with Gasteiger partial charge in [-0.05, 0) is 24.6 Å². The number of halogens is 6. The minimum absolute atomic E-state index is 0.00259. The summed E-state index contributed by atoms with van der Waals surface area (Å²) in [5.41, 5.74) is -4.24. The highest BCUT2D eigenvalue weighted by atomic mass is 19.4. The van der Waals surface area contributed by atoms with Crippen LogP contribution < -0.4 is 0 Å². The Hall–Kier alpha value is -2.96. The molecular formula is C16H9F6N3O. The average molecular weight is 373 g/mol. The number of benzene rings is 1. The Labute approximate surface area is 142 Å². The first-order valence-electron chi connectivity index (χ1n) is 7.22. The van der Waals surface area contributed by atoms with Crippen LogP contribution >= 0.6 is 0 Å². The Morgan fingerprint density at radius 1 is 1.27 bits per heavy atom. The molecule has 1 aromatic carbocycles. The van der Waals surface area contributed by atoms with Crippen molar-refractivity contribution in [3.8, 4) is 11.8 Å². The Kier molecular flexibility index (Phi) is 3.98. The predicted octanol–water partition coefficient (Wildman–Crippen LogP) is 4.27. The van der Waals surface area contributed by atoms with Crippen LogP contribution in [0.25, 0.3) is 5.69 Å². The molecule has 0 amide bonds. The van der Waals surface area contributed by atoms with Crippen molar-refractivity contribution in [2.24, 2.45) is 5.16 Å². The third-order valence-electron chi connectivity index (χ3n) is 4.12. The van der Waals surface area contributed by atoms with Crippen molar-refractivity contribution < 1.29 is 31.5 Å². The van der Waals surface area contributed by atoms with Crippen LogP contribution in [0.4, 0.5) is 26.3 Å². The van der Waals surface area contributed by atoms with Crippen LogP contribution in [0.1, 0.15) is 28.8 Å². The number of fused-ring (bicyclic) bond motifs is 1. The quantitative estimate of drug-likeness (QED) is 0.461. The maximum atomic E-state index is 13.9. The minimum Gasteiger partial charge on any atom is -0.410 e. The van der Waals surface area contributed by atoms with Gasteiger partial charge in [-0.3, -0.25) is 0 Å². The molecule has 1 aromatic heterocycles. The third kappa shape index (κ3) is 2.69. The van der Waals surface area contributed by atoms with Gasteiger partial charge in [0.05, 0.1) is 11.1 Å². The summed E-state index contributed by atoms with van der Waals surface area (Å²) in [7, 11) is 0. The molecule has 26 heavy (non-hydrogen) atoms. The van der Waals surface area contributed by atoms with Gasteiger partial charge in [0.2, 0.25) is 0 Å². The molecule has 0 unspecified atom stereocenters. The van der Waals surface area contributed by atoms with Crippen molar-refractivity contribution >= 4 is 5.71 Å². The van der Waals surface area contributed by atoms with Crippen molar-refractivity contribution in [2.75, 3.05) is 0 Å². The molecular weight excluding hydrogens is 364 g/mol. The van der Waals surface area contributed by atoms with Crippen LogP contribution in [0, 0.1) is 17.1 Å². The molecule has 1 heterocycles. The Bertz CT molecular complexity index is 952. The third-order valence-corrected chi connectivity index (χ3v) is 4.12. The maximum Gasteiger partial charge on any atom is 0.418 e. The Morgan fingerprint density at radius 2 is 1.96 bits per heavy atom. The van der Waals surface area contributed by atoms with Gasteiger partial charge >= 0.3 is 6.18 Å². The lowest BCUT2D eigenvalue weighted by molar-refractivity contribution is -0.137. The summed E-state index contributed by atoms with van der Waals surface area (Å²) < 4.78 is 82.4. The second-order valence-corrected chi connectivity index (χ2v) is 5.66. The lowest BCUT2D eigenvalue weighted by Crippen LogP contribution is -2.36. The van der Waals surface area contributed by atoms with E-state index in [9.17, 15) is 26.3 Å². The summed E-state index contributed by atoms with van der Waals surface area (Å²) in [6.07, 6.45) is -5.70. The Morgan fingerprint density at radius 3 is 2.54 bits per heavy atom. The zero-order valence-electron chi connectivity index (χ0n) is 12.8. The molecule has 1 N–H and O–H groups in total. The molecule has 0 spiro atoms. The van der Waals surface area contributed by atoms with Gasteiger partial charge in [0.25, 0.3) is 5.92 Å². The summed E-state index contributed by atoms with van der Waals surface area (Å²) in [6.45, 7) is 0. The van der Waals surface area contributed by atoms with E-state index >= 15 is 0 Å². The van der Waals surface area contributed by atoms with Gasteiger partial charge in [-0.2, -0.15) is 27.2 Å². The Balaban J connectivity index is 2.32. The number of oxime groups is 1. The molecule has 4 nitrogen and oxygen atoms in total. The van der Waals surface area contributed by atoms with Crippen LogP contribution in [0.2, 0.25) is 0 Å². The molecule has 0 aliphatic heterocycles. The highest BCUT2D eigenvalue weighted by Crippen LogP contribution is 2.43. The van der Waals surface area contributed by atoms with Gasteiger partial charge in [-0.1, -0.05) is 5.16 Å². The molecule has 10 heteroatoms. The fraction of sp³-hybridized carbons (Fsp3) is 0.250. The number of nitrogens with zero attached hydrogens (tertiary/aromatic N) is 3.